The highest BCUT2D eigenvalue weighted by atomic mass is 16.3. The van der Waals surface area contributed by atoms with Crippen LogP contribution in [0.5, 0.6) is 0 Å². The zero-order chi connectivity index (χ0) is 15.9. The summed E-state index contributed by atoms with van der Waals surface area (Å²) in [6.07, 6.45) is 2.21. The van der Waals surface area contributed by atoms with Crippen molar-refractivity contribution in [2.45, 2.75) is 26.3 Å². The second-order valence-electron chi connectivity index (χ2n) is 4.96. The number of nitrogens with one attached hydrogen (secondary N) is 1. The first kappa shape index (κ1) is 15.8. The van der Waals surface area contributed by atoms with Crippen molar-refractivity contribution in [3.8, 4) is 0 Å². The van der Waals surface area contributed by atoms with E-state index in [0.29, 0.717) is 17.9 Å². The van der Waals surface area contributed by atoms with E-state index < -0.39 is 0 Å². The molecule has 1 unspecified atom stereocenters. The van der Waals surface area contributed by atoms with Crippen LogP contribution in [0, 0.1) is 6.92 Å². The Morgan fingerprint density at radius 1 is 1.41 bits per heavy atom. The van der Waals surface area contributed by atoms with Crippen molar-refractivity contribution in [2.24, 2.45) is 0 Å². The van der Waals surface area contributed by atoms with E-state index in [9.17, 15) is 4.79 Å². The van der Waals surface area contributed by atoms with Crippen molar-refractivity contribution < 1.29 is 9.90 Å². The monoisotopic (exact) mass is 301 g/mol. The maximum atomic E-state index is 12.5. The molecule has 0 bridgehead atoms. The fourth-order valence-electron chi connectivity index (χ4n) is 1.95. The van der Waals surface area contributed by atoms with Crippen LogP contribution in [0.1, 0.15) is 24.7 Å². The van der Waals surface area contributed by atoms with Crippen LogP contribution in [0.2, 0.25) is 0 Å². The number of amides is 1. The molecule has 0 radical (unpaired) electrons. The van der Waals surface area contributed by atoms with Gasteiger partial charge in [0, 0.05) is 12.6 Å². The number of rotatable bonds is 6. The van der Waals surface area contributed by atoms with Crippen molar-refractivity contribution in [1.82, 2.24) is 25.5 Å². The third-order valence-corrected chi connectivity index (χ3v) is 3.13. The molecule has 7 nitrogen and oxygen atoms in total. The zero-order valence-corrected chi connectivity index (χ0v) is 12.6. The van der Waals surface area contributed by atoms with Gasteiger partial charge in [-0.15, -0.1) is 5.10 Å². The van der Waals surface area contributed by atoms with Gasteiger partial charge in [0.05, 0.1) is 0 Å². The van der Waals surface area contributed by atoms with Crippen molar-refractivity contribution in [2.75, 3.05) is 6.61 Å². The Labute approximate surface area is 128 Å². The highest BCUT2D eigenvalue weighted by Crippen LogP contribution is 2.12. The molecule has 2 rings (SSSR count). The number of carbonyl (C=O) groups is 1. The molecule has 0 aliphatic rings. The molecular weight excluding hydrogens is 282 g/mol. The first-order valence-corrected chi connectivity index (χ1v) is 7.05. The van der Waals surface area contributed by atoms with Gasteiger partial charge in [0.2, 0.25) is 0 Å². The van der Waals surface area contributed by atoms with Crippen LogP contribution in [0.25, 0.3) is 11.8 Å². The van der Waals surface area contributed by atoms with Crippen LogP contribution in [0.3, 0.4) is 0 Å². The summed E-state index contributed by atoms with van der Waals surface area (Å²) in [5.41, 5.74) is 1.20. The molecule has 1 atom stereocenters. The number of aliphatic hydroxyl groups is 1. The van der Waals surface area contributed by atoms with E-state index in [1.165, 1.54) is 4.68 Å². The Balaban J connectivity index is 2.32. The fourth-order valence-corrected chi connectivity index (χ4v) is 1.95. The van der Waals surface area contributed by atoms with E-state index in [4.69, 9.17) is 5.11 Å². The summed E-state index contributed by atoms with van der Waals surface area (Å²) in [6, 6.07) is 9.33. The van der Waals surface area contributed by atoms with Gasteiger partial charge in [-0.1, -0.05) is 30.3 Å². The molecule has 116 valence electrons. The van der Waals surface area contributed by atoms with Crippen molar-refractivity contribution in [3.05, 3.63) is 41.7 Å². The summed E-state index contributed by atoms with van der Waals surface area (Å²) in [7, 11) is 0. The Morgan fingerprint density at radius 2 is 2.14 bits per heavy atom. The molecule has 0 aliphatic heterocycles. The molecule has 2 N–H and O–H groups in total. The average Bonchev–Trinajstić information content (AvgIpc) is 2.92. The quantitative estimate of drug-likeness (QED) is 0.772. The predicted octanol–water partition coefficient (Wildman–Crippen LogP) is 0.867. The van der Waals surface area contributed by atoms with Gasteiger partial charge in [-0.25, -0.2) is 0 Å². The van der Waals surface area contributed by atoms with Crippen LogP contribution in [0.15, 0.2) is 30.3 Å². The lowest BCUT2D eigenvalue weighted by atomic mass is 10.1. The van der Waals surface area contributed by atoms with Gasteiger partial charge in [0.1, 0.15) is 5.70 Å². The van der Waals surface area contributed by atoms with Crippen LogP contribution in [0.4, 0.5) is 0 Å². The third-order valence-electron chi connectivity index (χ3n) is 3.13. The smallest absolute Gasteiger partial charge is 0.270 e. The molecule has 2 aromatic rings. The molecule has 0 spiro atoms. The highest BCUT2D eigenvalue weighted by Gasteiger charge is 2.17. The largest absolute Gasteiger partial charge is 0.396 e. The van der Waals surface area contributed by atoms with Crippen LogP contribution < -0.4 is 5.32 Å². The predicted molar refractivity (Wildman–Crippen MR) is 82.5 cm³/mol. The third kappa shape index (κ3) is 3.98. The standard InChI is InChI=1S/C15H19N5O2/c1-11(8-9-21)16-15(22)14(20-12(2)17-18-19-20)10-13-6-4-3-5-7-13/h3-7,10-11,21H,8-9H2,1-2H3,(H,16,22)/b14-10-. The SMILES string of the molecule is Cc1nnnn1/C(=C\c1ccccc1)C(=O)NC(C)CCO. The molecular formula is C15H19N5O2. The normalized spacial score (nSPS) is 13.0. The van der Waals surface area contributed by atoms with E-state index in [2.05, 4.69) is 20.8 Å². The number of hydrogen-bond donors (Lipinski definition) is 2. The molecule has 7 heteroatoms. The van der Waals surface area contributed by atoms with Gasteiger partial charge in [0.25, 0.3) is 5.91 Å². The molecule has 1 aromatic carbocycles. The Morgan fingerprint density at radius 3 is 2.73 bits per heavy atom. The average molecular weight is 301 g/mol. The number of aromatic nitrogens is 4. The lowest BCUT2D eigenvalue weighted by Gasteiger charge is -2.14. The summed E-state index contributed by atoms with van der Waals surface area (Å²) >= 11 is 0. The number of aliphatic hydroxyl groups excluding tert-OH is 1. The van der Waals surface area contributed by atoms with E-state index in [1.807, 2.05) is 37.3 Å². The Hall–Kier alpha value is -2.54. The van der Waals surface area contributed by atoms with E-state index in [-0.39, 0.29) is 18.6 Å². The van der Waals surface area contributed by atoms with E-state index in [0.717, 1.165) is 5.56 Å². The number of carbonyl (C=O) groups excluding carboxylic acids is 1. The lowest BCUT2D eigenvalue weighted by Crippen LogP contribution is -2.35. The highest BCUT2D eigenvalue weighted by molar-refractivity contribution is 6.18. The molecule has 1 heterocycles. The van der Waals surface area contributed by atoms with Crippen molar-refractivity contribution in [1.29, 1.82) is 0 Å². The Kier molecular flexibility index (Phi) is 5.37. The molecule has 1 amide bonds. The number of tetrazole rings is 1. The van der Waals surface area contributed by atoms with Gasteiger partial charge in [-0.3, -0.25) is 4.79 Å². The van der Waals surface area contributed by atoms with Gasteiger partial charge in [0.15, 0.2) is 5.82 Å². The molecule has 1 aromatic heterocycles. The minimum absolute atomic E-state index is 0.0170. The minimum Gasteiger partial charge on any atom is -0.396 e. The topological polar surface area (TPSA) is 92.9 Å². The number of benzene rings is 1. The maximum Gasteiger partial charge on any atom is 0.270 e. The van der Waals surface area contributed by atoms with Crippen molar-refractivity contribution in [3.63, 3.8) is 0 Å². The summed E-state index contributed by atoms with van der Waals surface area (Å²) in [4.78, 5) is 12.5. The lowest BCUT2D eigenvalue weighted by molar-refractivity contribution is -0.116. The second-order valence-corrected chi connectivity index (χ2v) is 4.96. The van der Waals surface area contributed by atoms with Crippen LogP contribution >= 0.6 is 0 Å². The summed E-state index contributed by atoms with van der Waals surface area (Å²) in [5, 5.41) is 23.0. The van der Waals surface area contributed by atoms with Crippen LogP contribution in [-0.2, 0) is 4.79 Å². The summed E-state index contributed by atoms with van der Waals surface area (Å²) in [6.45, 7) is 3.58. The molecule has 0 saturated heterocycles. The van der Waals surface area contributed by atoms with E-state index in [1.54, 1.807) is 13.0 Å². The molecule has 0 fully saturated rings. The summed E-state index contributed by atoms with van der Waals surface area (Å²) in [5.74, 6) is 0.229. The van der Waals surface area contributed by atoms with Gasteiger partial charge in [-0.05, 0) is 42.3 Å². The van der Waals surface area contributed by atoms with Crippen molar-refractivity contribution >= 4 is 17.7 Å². The van der Waals surface area contributed by atoms with Gasteiger partial charge >= 0.3 is 0 Å². The van der Waals surface area contributed by atoms with E-state index >= 15 is 0 Å². The Bertz CT molecular complexity index is 651. The number of aryl methyl sites for hydroxylation is 1. The fraction of sp³-hybridized carbons (Fsp3) is 0.333. The van der Waals surface area contributed by atoms with Gasteiger partial charge in [-0.2, -0.15) is 4.68 Å². The maximum absolute atomic E-state index is 12.5. The van der Waals surface area contributed by atoms with Gasteiger partial charge < -0.3 is 10.4 Å². The molecule has 22 heavy (non-hydrogen) atoms. The number of nitrogens with zero attached hydrogens (tertiary/aromatic N) is 4. The summed E-state index contributed by atoms with van der Waals surface area (Å²) < 4.78 is 1.40. The minimum atomic E-state index is -0.291. The van der Waals surface area contributed by atoms with Crippen LogP contribution in [-0.4, -0.2) is 43.9 Å². The zero-order valence-electron chi connectivity index (χ0n) is 12.6. The second kappa shape index (κ2) is 7.46. The first-order valence-electron chi connectivity index (χ1n) is 7.05. The number of hydrogen-bond acceptors (Lipinski definition) is 5. The first-order chi connectivity index (χ1) is 10.6. The molecule has 0 aliphatic carbocycles. The molecule has 0 saturated carbocycles.